The van der Waals surface area contributed by atoms with Gasteiger partial charge in [-0.15, -0.1) is 11.3 Å². The molecule has 1 amide bonds. The Morgan fingerprint density at radius 3 is 2.46 bits per heavy atom. The van der Waals surface area contributed by atoms with Gasteiger partial charge in [-0.3, -0.25) is 0 Å². The first-order valence-electron chi connectivity index (χ1n) is 8.43. The van der Waals surface area contributed by atoms with Crippen LogP contribution in [-0.4, -0.2) is 66.2 Å². The number of rotatable bonds is 4. The topological polar surface area (TPSA) is 70.1 Å². The molecule has 0 spiro atoms. The number of carbonyl (C=O) groups is 1. The van der Waals surface area contributed by atoms with Gasteiger partial charge in [0.15, 0.2) is 5.96 Å². The van der Waals surface area contributed by atoms with E-state index in [4.69, 9.17) is 9.73 Å². The summed E-state index contributed by atoms with van der Waals surface area (Å²) in [6, 6.07) is 0. The van der Waals surface area contributed by atoms with Gasteiger partial charge >= 0.3 is 6.09 Å². The van der Waals surface area contributed by atoms with E-state index in [0.29, 0.717) is 26.2 Å². The van der Waals surface area contributed by atoms with Crippen LogP contribution in [0, 0.1) is 13.8 Å². The summed E-state index contributed by atoms with van der Waals surface area (Å²) in [5.74, 6) is 0.881. The number of aliphatic imine (C=N–C) groups is 1. The van der Waals surface area contributed by atoms with Crippen LogP contribution in [0.2, 0.25) is 0 Å². The number of aryl methyl sites for hydroxylation is 2. The quantitative estimate of drug-likeness (QED) is 0.662. The number of guanidine groups is 1. The molecular formula is C16H27N5O2S. The summed E-state index contributed by atoms with van der Waals surface area (Å²) in [4.78, 5) is 26.2. The average Bonchev–Trinajstić information content (AvgIpc) is 2.90. The molecule has 24 heavy (non-hydrogen) atoms. The first-order chi connectivity index (χ1) is 11.5. The number of aromatic nitrogens is 1. The van der Waals surface area contributed by atoms with Crippen LogP contribution in [0.1, 0.15) is 29.4 Å². The second-order valence-electron chi connectivity index (χ2n) is 5.59. The fraction of sp³-hybridized carbons (Fsp3) is 0.688. The van der Waals surface area contributed by atoms with E-state index in [1.54, 1.807) is 16.2 Å². The number of nitrogens with zero attached hydrogens (tertiary/aromatic N) is 4. The molecule has 0 bridgehead atoms. The third-order valence-corrected chi connectivity index (χ3v) is 4.93. The second-order valence-corrected chi connectivity index (χ2v) is 6.88. The van der Waals surface area contributed by atoms with Crippen molar-refractivity contribution >= 4 is 23.4 Å². The Labute approximate surface area is 147 Å². The Balaban J connectivity index is 1.95. The lowest BCUT2D eigenvalue weighted by Crippen LogP contribution is -2.53. The number of ether oxygens (including phenoxy) is 1. The Hall–Kier alpha value is -1.83. The summed E-state index contributed by atoms with van der Waals surface area (Å²) in [5, 5.41) is 4.36. The van der Waals surface area contributed by atoms with E-state index >= 15 is 0 Å². The number of hydrogen-bond donors (Lipinski definition) is 1. The maximum Gasteiger partial charge on any atom is 0.409 e. The molecule has 1 N–H and O–H groups in total. The molecule has 1 aromatic heterocycles. The molecule has 0 aromatic carbocycles. The van der Waals surface area contributed by atoms with Gasteiger partial charge in [0.1, 0.15) is 5.01 Å². The Morgan fingerprint density at radius 1 is 1.25 bits per heavy atom. The van der Waals surface area contributed by atoms with Crippen molar-refractivity contribution in [3.63, 3.8) is 0 Å². The van der Waals surface area contributed by atoms with E-state index in [0.717, 1.165) is 36.3 Å². The average molecular weight is 353 g/mol. The number of amides is 1. The smallest absolute Gasteiger partial charge is 0.409 e. The van der Waals surface area contributed by atoms with Gasteiger partial charge in [-0.1, -0.05) is 0 Å². The predicted octanol–water partition coefficient (Wildman–Crippen LogP) is 2.00. The molecule has 0 atom stereocenters. The van der Waals surface area contributed by atoms with Crippen molar-refractivity contribution in [1.82, 2.24) is 20.1 Å². The van der Waals surface area contributed by atoms with Gasteiger partial charge in [0.2, 0.25) is 0 Å². The van der Waals surface area contributed by atoms with Crippen molar-refractivity contribution in [2.45, 2.75) is 34.2 Å². The molecule has 0 aliphatic carbocycles. The Bertz CT molecular complexity index is 560. The molecule has 7 nitrogen and oxygen atoms in total. The SMILES string of the molecule is CCNC(=NCc1nc(C)c(C)s1)N1CCN(C(=O)OCC)CC1. The van der Waals surface area contributed by atoms with Crippen LogP contribution < -0.4 is 5.32 Å². The molecule has 2 heterocycles. The Kier molecular flexibility index (Phi) is 6.84. The molecule has 1 saturated heterocycles. The zero-order chi connectivity index (χ0) is 17.5. The number of nitrogens with one attached hydrogen (secondary N) is 1. The fourth-order valence-corrected chi connectivity index (χ4v) is 3.35. The van der Waals surface area contributed by atoms with Crippen molar-refractivity contribution in [3.8, 4) is 0 Å². The monoisotopic (exact) mass is 353 g/mol. The van der Waals surface area contributed by atoms with E-state index in [9.17, 15) is 4.79 Å². The summed E-state index contributed by atoms with van der Waals surface area (Å²) >= 11 is 1.70. The summed E-state index contributed by atoms with van der Waals surface area (Å²) in [7, 11) is 0. The Morgan fingerprint density at radius 2 is 1.92 bits per heavy atom. The first kappa shape index (κ1) is 18.5. The molecule has 2 rings (SSSR count). The van der Waals surface area contributed by atoms with E-state index in [1.807, 2.05) is 13.8 Å². The highest BCUT2D eigenvalue weighted by molar-refractivity contribution is 7.11. The minimum Gasteiger partial charge on any atom is -0.450 e. The van der Waals surface area contributed by atoms with Gasteiger partial charge in [0.05, 0.1) is 18.8 Å². The van der Waals surface area contributed by atoms with Crippen LogP contribution in [-0.2, 0) is 11.3 Å². The molecule has 1 fully saturated rings. The van der Waals surface area contributed by atoms with E-state index in [-0.39, 0.29) is 6.09 Å². The molecule has 0 saturated carbocycles. The number of hydrogen-bond acceptors (Lipinski definition) is 5. The van der Waals surface area contributed by atoms with Crippen LogP contribution in [0.25, 0.3) is 0 Å². The van der Waals surface area contributed by atoms with Gasteiger partial charge in [-0.2, -0.15) is 0 Å². The standard InChI is InChI=1S/C16H27N5O2S/c1-5-17-15(18-11-14-19-12(3)13(4)24-14)20-7-9-21(10-8-20)16(22)23-6-2/h5-11H2,1-4H3,(H,17,18). The summed E-state index contributed by atoms with van der Waals surface area (Å²) in [5.41, 5.74) is 1.08. The molecular weight excluding hydrogens is 326 g/mol. The van der Waals surface area contributed by atoms with Crippen LogP contribution in [0.4, 0.5) is 4.79 Å². The normalized spacial score (nSPS) is 15.6. The van der Waals surface area contributed by atoms with Crippen LogP contribution >= 0.6 is 11.3 Å². The first-order valence-corrected chi connectivity index (χ1v) is 9.24. The zero-order valence-electron chi connectivity index (χ0n) is 15.0. The summed E-state index contributed by atoms with van der Waals surface area (Å²) < 4.78 is 5.06. The van der Waals surface area contributed by atoms with Crippen molar-refractivity contribution < 1.29 is 9.53 Å². The lowest BCUT2D eigenvalue weighted by atomic mass is 10.3. The minimum atomic E-state index is -0.229. The van der Waals surface area contributed by atoms with Gasteiger partial charge in [0.25, 0.3) is 0 Å². The number of thiazole rings is 1. The zero-order valence-corrected chi connectivity index (χ0v) is 15.8. The second kappa shape index (κ2) is 8.86. The molecule has 1 aliphatic heterocycles. The molecule has 134 valence electrons. The molecule has 0 radical (unpaired) electrons. The minimum absolute atomic E-state index is 0.229. The fourth-order valence-electron chi connectivity index (χ4n) is 2.49. The highest BCUT2D eigenvalue weighted by Crippen LogP contribution is 2.17. The van der Waals surface area contributed by atoms with Crippen molar-refractivity contribution in [2.75, 3.05) is 39.3 Å². The third-order valence-electron chi connectivity index (χ3n) is 3.88. The van der Waals surface area contributed by atoms with Gasteiger partial charge in [-0.25, -0.2) is 14.8 Å². The van der Waals surface area contributed by atoms with Crippen molar-refractivity contribution in [3.05, 3.63) is 15.6 Å². The molecule has 8 heteroatoms. The highest BCUT2D eigenvalue weighted by Gasteiger charge is 2.23. The highest BCUT2D eigenvalue weighted by atomic mass is 32.1. The predicted molar refractivity (Wildman–Crippen MR) is 96.6 cm³/mol. The maximum atomic E-state index is 11.8. The van der Waals surface area contributed by atoms with Crippen molar-refractivity contribution in [2.24, 2.45) is 4.99 Å². The molecule has 0 unspecified atom stereocenters. The lowest BCUT2D eigenvalue weighted by molar-refractivity contribution is 0.0914. The lowest BCUT2D eigenvalue weighted by Gasteiger charge is -2.35. The van der Waals surface area contributed by atoms with Crippen LogP contribution in [0.15, 0.2) is 4.99 Å². The van der Waals surface area contributed by atoms with Gasteiger partial charge < -0.3 is 19.9 Å². The number of piperazine rings is 1. The van der Waals surface area contributed by atoms with Crippen LogP contribution in [0.5, 0.6) is 0 Å². The molecule has 1 aromatic rings. The molecule has 1 aliphatic rings. The van der Waals surface area contributed by atoms with E-state index < -0.39 is 0 Å². The van der Waals surface area contributed by atoms with E-state index in [2.05, 4.69) is 29.0 Å². The van der Waals surface area contributed by atoms with Crippen molar-refractivity contribution in [1.29, 1.82) is 0 Å². The van der Waals surface area contributed by atoms with Gasteiger partial charge in [-0.05, 0) is 27.7 Å². The number of carbonyl (C=O) groups excluding carboxylic acids is 1. The maximum absolute atomic E-state index is 11.8. The summed E-state index contributed by atoms with van der Waals surface area (Å²) in [6.07, 6.45) is -0.229. The van der Waals surface area contributed by atoms with Gasteiger partial charge in [0, 0.05) is 37.6 Å². The largest absolute Gasteiger partial charge is 0.450 e. The third kappa shape index (κ3) is 4.83. The van der Waals surface area contributed by atoms with E-state index in [1.165, 1.54) is 4.88 Å². The summed E-state index contributed by atoms with van der Waals surface area (Å²) in [6.45, 7) is 12.6. The van der Waals surface area contributed by atoms with Crippen LogP contribution in [0.3, 0.4) is 0 Å².